The van der Waals surface area contributed by atoms with Gasteiger partial charge < -0.3 is 10.1 Å². The molecule has 1 aromatic carbocycles. The Hall–Kier alpha value is -1.18. The Morgan fingerprint density at radius 3 is 2.06 bits per heavy atom. The summed E-state index contributed by atoms with van der Waals surface area (Å²) in [6.45, 7) is 7.21. The molecule has 0 fully saturated rings. The van der Waals surface area contributed by atoms with E-state index in [4.69, 9.17) is 4.74 Å². The van der Waals surface area contributed by atoms with E-state index in [0.717, 1.165) is 12.4 Å². The summed E-state index contributed by atoms with van der Waals surface area (Å²) >= 11 is 0. The summed E-state index contributed by atoms with van der Waals surface area (Å²) in [6.07, 6.45) is 4.94. The lowest BCUT2D eigenvalue weighted by molar-refractivity contribution is 0.340. The van der Waals surface area contributed by atoms with Gasteiger partial charge in [-0.2, -0.15) is 0 Å². The van der Waals surface area contributed by atoms with Gasteiger partial charge in [0.15, 0.2) is 0 Å². The Morgan fingerprint density at radius 1 is 1.00 bits per heavy atom. The van der Waals surface area contributed by atoms with E-state index in [9.17, 15) is 0 Å². The van der Waals surface area contributed by atoms with E-state index in [1.807, 2.05) is 19.1 Å². The van der Waals surface area contributed by atoms with Crippen LogP contribution in [-0.2, 0) is 0 Å². The second-order valence-corrected chi connectivity index (χ2v) is 4.38. The average molecular weight is 235 g/mol. The van der Waals surface area contributed by atoms with Crippen LogP contribution in [0, 0.1) is 0 Å². The summed E-state index contributed by atoms with van der Waals surface area (Å²) in [6, 6.07) is 8.86. The second-order valence-electron chi connectivity index (χ2n) is 4.38. The Balaban J connectivity index is 2.53. The Morgan fingerprint density at radius 2 is 1.59 bits per heavy atom. The van der Waals surface area contributed by atoms with Crippen molar-refractivity contribution in [3.05, 3.63) is 24.3 Å². The number of anilines is 1. The highest BCUT2D eigenvalue weighted by atomic mass is 16.5. The van der Waals surface area contributed by atoms with Gasteiger partial charge in [-0.05, 0) is 44.0 Å². The molecule has 1 aromatic rings. The van der Waals surface area contributed by atoms with Crippen molar-refractivity contribution in [2.75, 3.05) is 11.9 Å². The van der Waals surface area contributed by atoms with E-state index in [2.05, 4.69) is 31.3 Å². The number of benzene rings is 1. The van der Waals surface area contributed by atoms with Crippen molar-refractivity contribution in [3.63, 3.8) is 0 Å². The first-order valence-electron chi connectivity index (χ1n) is 6.79. The minimum absolute atomic E-state index is 0.600. The topological polar surface area (TPSA) is 21.3 Å². The fraction of sp³-hybridized carbons (Fsp3) is 0.600. The molecule has 0 aromatic heterocycles. The molecule has 0 bridgehead atoms. The van der Waals surface area contributed by atoms with Crippen LogP contribution in [0.15, 0.2) is 24.3 Å². The first-order chi connectivity index (χ1) is 8.30. The van der Waals surface area contributed by atoms with Gasteiger partial charge in [0.1, 0.15) is 5.75 Å². The quantitative estimate of drug-likeness (QED) is 0.718. The molecule has 1 N–H and O–H groups in total. The van der Waals surface area contributed by atoms with Crippen LogP contribution >= 0.6 is 0 Å². The fourth-order valence-electron chi connectivity index (χ4n) is 2.04. The zero-order valence-corrected chi connectivity index (χ0v) is 11.3. The predicted molar refractivity (Wildman–Crippen MR) is 74.8 cm³/mol. The molecule has 2 nitrogen and oxygen atoms in total. The third-order valence-corrected chi connectivity index (χ3v) is 2.81. The lowest BCUT2D eigenvalue weighted by Crippen LogP contribution is -2.18. The highest BCUT2D eigenvalue weighted by Crippen LogP contribution is 2.18. The summed E-state index contributed by atoms with van der Waals surface area (Å²) in [5.41, 5.74) is 1.19. The van der Waals surface area contributed by atoms with Crippen LogP contribution in [0.25, 0.3) is 0 Å². The summed E-state index contributed by atoms with van der Waals surface area (Å²) < 4.78 is 5.43. The van der Waals surface area contributed by atoms with Crippen molar-refractivity contribution in [2.24, 2.45) is 0 Å². The molecule has 0 unspecified atom stereocenters. The van der Waals surface area contributed by atoms with E-state index in [1.165, 1.54) is 31.4 Å². The SMILES string of the molecule is CCCC(CCC)Nc1ccc(OCC)cc1. The van der Waals surface area contributed by atoms with Crippen LogP contribution < -0.4 is 10.1 Å². The molecule has 17 heavy (non-hydrogen) atoms. The standard InChI is InChI=1S/C15H25NO/c1-4-7-13(8-5-2)16-14-9-11-15(12-10-14)17-6-3/h9-13,16H,4-8H2,1-3H3. The zero-order valence-electron chi connectivity index (χ0n) is 11.3. The van der Waals surface area contributed by atoms with E-state index in [0.29, 0.717) is 6.04 Å². The van der Waals surface area contributed by atoms with Crippen LogP contribution in [0.3, 0.4) is 0 Å². The first kappa shape index (κ1) is 13.9. The molecule has 0 aliphatic rings. The minimum atomic E-state index is 0.600. The molecular weight excluding hydrogens is 210 g/mol. The highest BCUT2D eigenvalue weighted by Gasteiger charge is 2.06. The van der Waals surface area contributed by atoms with Gasteiger partial charge in [-0.3, -0.25) is 0 Å². The summed E-state index contributed by atoms with van der Waals surface area (Å²) in [4.78, 5) is 0. The maximum absolute atomic E-state index is 5.43. The van der Waals surface area contributed by atoms with E-state index in [-0.39, 0.29) is 0 Å². The highest BCUT2D eigenvalue weighted by molar-refractivity contribution is 5.47. The van der Waals surface area contributed by atoms with Crippen LogP contribution in [0.4, 0.5) is 5.69 Å². The molecule has 96 valence electrons. The smallest absolute Gasteiger partial charge is 0.119 e. The van der Waals surface area contributed by atoms with Crippen molar-refractivity contribution in [2.45, 2.75) is 52.5 Å². The first-order valence-corrected chi connectivity index (χ1v) is 6.79. The van der Waals surface area contributed by atoms with Crippen LogP contribution in [0.2, 0.25) is 0 Å². The number of rotatable bonds is 8. The van der Waals surface area contributed by atoms with E-state index >= 15 is 0 Å². The largest absolute Gasteiger partial charge is 0.494 e. The molecule has 0 saturated heterocycles. The summed E-state index contributed by atoms with van der Waals surface area (Å²) in [5.74, 6) is 0.945. The lowest BCUT2D eigenvalue weighted by atomic mass is 10.1. The Labute approximate surface area is 105 Å². The molecule has 0 saturated carbocycles. The minimum Gasteiger partial charge on any atom is -0.494 e. The molecule has 0 heterocycles. The molecular formula is C15H25NO. The average Bonchev–Trinajstić information content (AvgIpc) is 2.33. The second kappa shape index (κ2) is 7.99. The number of hydrogen-bond acceptors (Lipinski definition) is 2. The van der Waals surface area contributed by atoms with Gasteiger partial charge in [0, 0.05) is 11.7 Å². The van der Waals surface area contributed by atoms with Gasteiger partial charge in [0.05, 0.1) is 6.61 Å². The van der Waals surface area contributed by atoms with Gasteiger partial charge in [0.2, 0.25) is 0 Å². The zero-order chi connectivity index (χ0) is 12.5. The van der Waals surface area contributed by atoms with E-state index < -0.39 is 0 Å². The van der Waals surface area contributed by atoms with Crippen LogP contribution in [0.1, 0.15) is 46.5 Å². The van der Waals surface area contributed by atoms with Gasteiger partial charge >= 0.3 is 0 Å². The molecule has 0 amide bonds. The Bertz CT molecular complexity index is 288. The maximum atomic E-state index is 5.43. The molecule has 0 aliphatic heterocycles. The molecule has 1 rings (SSSR count). The normalized spacial score (nSPS) is 10.6. The Kier molecular flexibility index (Phi) is 6.53. The third kappa shape index (κ3) is 5.12. The van der Waals surface area contributed by atoms with Gasteiger partial charge in [-0.25, -0.2) is 0 Å². The monoisotopic (exact) mass is 235 g/mol. The summed E-state index contributed by atoms with van der Waals surface area (Å²) in [5, 5.41) is 3.59. The number of ether oxygens (including phenoxy) is 1. The molecule has 0 atom stereocenters. The van der Waals surface area contributed by atoms with Crippen molar-refractivity contribution in [1.82, 2.24) is 0 Å². The van der Waals surface area contributed by atoms with Gasteiger partial charge in [-0.15, -0.1) is 0 Å². The predicted octanol–water partition coefficient (Wildman–Crippen LogP) is 4.47. The van der Waals surface area contributed by atoms with Crippen molar-refractivity contribution in [1.29, 1.82) is 0 Å². The van der Waals surface area contributed by atoms with Crippen molar-refractivity contribution in [3.8, 4) is 5.75 Å². The van der Waals surface area contributed by atoms with Crippen LogP contribution in [-0.4, -0.2) is 12.6 Å². The maximum Gasteiger partial charge on any atom is 0.119 e. The molecule has 0 aliphatic carbocycles. The lowest BCUT2D eigenvalue weighted by Gasteiger charge is -2.18. The van der Waals surface area contributed by atoms with Crippen molar-refractivity contribution >= 4 is 5.69 Å². The van der Waals surface area contributed by atoms with Gasteiger partial charge in [-0.1, -0.05) is 26.7 Å². The fourth-order valence-corrected chi connectivity index (χ4v) is 2.04. The number of hydrogen-bond donors (Lipinski definition) is 1. The van der Waals surface area contributed by atoms with Crippen LogP contribution in [0.5, 0.6) is 5.75 Å². The molecule has 0 spiro atoms. The molecule has 0 radical (unpaired) electrons. The van der Waals surface area contributed by atoms with Gasteiger partial charge in [0.25, 0.3) is 0 Å². The van der Waals surface area contributed by atoms with E-state index in [1.54, 1.807) is 0 Å². The summed E-state index contributed by atoms with van der Waals surface area (Å²) in [7, 11) is 0. The number of nitrogens with one attached hydrogen (secondary N) is 1. The molecule has 2 heteroatoms. The van der Waals surface area contributed by atoms with Crippen molar-refractivity contribution < 1.29 is 4.74 Å². The third-order valence-electron chi connectivity index (χ3n) is 2.81.